The minimum absolute atomic E-state index is 0.00673. The fourth-order valence-electron chi connectivity index (χ4n) is 6.85. The molecule has 3 aliphatic rings. The number of aliphatic hydroxyl groups is 2. The van der Waals surface area contributed by atoms with E-state index in [0.717, 1.165) is 25.0 Å². The van der Waals surface area contributed by atoms with Crippen molar-refractivity contribution >= 4 is 15.9 Å². The second-order valence-electron chi connectivity index (χ2n) is 12.1. The number of nitrogens with zero attached hydrogens (tertiary/aromatic N) is 3. The van der Waals surface area contributed by atoms with E-state index in [0.29, 0.717) is 69.9 Å². The van der Waals surface area contributed by atoms with Crippen molar-refractivity contribution in [1.82, 2.24) is 20.2 Å². The number of hydrogen-bond donors (Lipinski definition) is 3. The molecule has 248 valence electrons. The number of likely N-dealkylation sites (tertiary alicyclic amines) is 1. The van der Waals surface area contributed by atoms with Crippen LogP contribution in [0, 0.1) is 17.5 Å². The first-order valence-electron chi connectivity index (χ1n) is 15.4. The van der Waals surface area contributed by atoms with E-state index in [1.807, 2.05) is 4.90 Å². The van der Waals surface area contributed by atoms with Gasteiger partial charge in [-0.25, -0.2) is 31.4 Å². The number of ether oxygens (including phenoxy) is 1. The Kier molecular flexibility index (Phi) is 10.7. The molecule has 5 rings (SSSR count). The Hall–Kier alpha value is -2.75. The maximum atomic E-state index is 14.3. The van der Waals surface area contributed by atoms with Gasteiger partial charge in [-0.15, -0.1) is 0 Å². The zero-order chi connectivity index (χ0) is 32.2. The van der Waals surface area contributed by atoms with Gasteiger partial charge in [0.05, 0.1) is 24.2 Å². The molecule has 1 unspecified atom stereocenters. The Morgan fingerprint density at radius 2 is 1.69 bits per heavy atom. The zero-order valence-electron chi connectivity index (χ0n) is 25.1. The predicted molar refractivity (Wildman–Crippen MR) is 159 cm³/mol. The number of hydrazine groups is 1. The smallest absolute Gasteiger partial charge is 0.422 e. The van der Waals surface area contributed by atoms with Gasteiger partial charge in [-0.3, -0.25) is 15.2 Å². The van der Waals surface area contributed by atoms with Crippen molar-refractivity contribution < 1.29 is 41.3 Å². The van der Waals surface area contributed by atoms with Gasteiger partial charge in [-0.2, -0.15) is 0 Å². The fraction of sp³-hybridized carbons (Fsp3) is 0.581. The first-order chi connectivity index (χ1) is 21.5. The van der Waals surface area contributed by atoms with E-state index in [2.05, 4.69) is 5.43 Å². The summed E-state index contributed by atoms with van der Waals surface area (Å²) in [6, 6.07) is 7.56. The molecule has 1 aliphatic carbocycles. The third-order valence-corrected chi connectivity index (χ3v) is 10.8. The van der Waals surface area contributed by atoms with E-state index in [4.69, 9.17) is 4.74 Å². The predicted octanol–water partition coefficient (Wildman–Crippen LogP) is 3.36. The number of sulfone groups is 1. The molecule has 0 spiro atoms. The van der Waals surface area contributed by atoms with Crippen LogP contribution >= 0.6 is 0 Å². The highest BCUT2D eigenvalue weighted by Crippen LogP contribution is 2.51. The van der Waals surface area contributed by atoms with Gasteiger partial charge in [0.25, 0.3) is 0 Å². The monoisotopic (exact) mass is 654 g/mol. The van der Waals surface area contributed by atoms with Gasteiger partial charge in [-0.1, -0.05) is 12.1 Å². The van der Waals surface area contributed by atoms with Gasteiger partial charge in [-0.05, 0) is 80.8 Å². The van der Waals surface area contributed by atoms with Crippen LogP contribution in [0.4, 0.5) is 18.0 Å². The summed E-state index contributed by atoms with van der Waals surface area (Å²) in [5.41, 5.74) is 2.44. The molecule has 2 aliphatic heterocycles. The highest BCUT2D eigenvalue weighted by Gasteiger charge is 2.57. The van der Waals surface area contributed by atoms with E-state index in [9.17, 15) is 36.6 Å². The highest BCUT2D eigenvalue weighted by atomic mass is 32.2. The van der Waals surface area contributed by atoms with Crippen LogP contribution in [0.15, 0.2) is 47.4 Å². The van der Waals surface area contributed by atoms with E-state index >= 15 is 0 Å². The van der Waals surface area contributed by atoms with Gasteiger partial charge in [0.2, 0.25) is 0 Å². The number of amides is 1. The normalized spacial score (nSPS) is 22.8. The number of hydrogen-bond acceptors (Lipinski definition) is 9. The molecule has 3 fully saturated rings. The summed E-state index contributed by atoms with van der Waals surface area (Å²) in [6.45, 7) is 2.00. The lowest BCUT2D eigenvalue weighted by Gasteiger charge is -2.45. The molecule has 2 aromatic rings. The van der Waals surface area contributed by atoms with Crippen molar-refractivity contribution in [3.05, 3.63) is 65.5 Å². The lowest BCUT2D eigenvalue weighted by molar-refractivity contribution is -0.0308. The van der Waals surface area contributed by atoms with Gasteiger partial charge in [0.15, 0.2) is 21.5 Å². The van der Waals surface area contributed by atoms with Crippen LogP contribution in [0.2, 0.25) is 0 Å². The maximum absolute atomic E-state index is 14.3. The number of piperidine rings is 2. The van der Waals surface area contributed by atoms with Crippen molar-refractivity contribution in [3.8, 4) is 0 Å². The molecule has 2 atom stereocenters. The van der Waals surface area contributed by atoms with E-state index in [1.54, 1.807) is 22.0 Å². The molecule has 14 heteroatoms. The number of aliphatic hydroxyl groups excluding tert-OH is 2. The molecule has 2 saturated heterocycles. The van der Waals surface area contributed by atoms with E-state index in [-0.39, 0.29) is 24.2 Å². The summed E-state index contributed by atoms with van der Waals surface area (Å²) in [6.07, 6.45) is 3.58. The van der Waals surface area contributed by atoms with Crippen LogP contribution in [0.5, 0.6) is 0 Å². The second-order valence-corrected chi connectivity index (χ2v) is 14.1. The van der Waals surface area contributed by atoms with Gasteiger partial charge >= 0.3 is 6.09 Å². The van der Waals surface area contributed by atoms with E-state index in [1.165, 1.54) is 12.1 Å². The van der Waals surface area contributed by atoms with Crippen molar-refractivity contribution in [1.29, 1.82) is 0 Å². The Labute approximate surface area is 261 Å². The summed E-state index contributed by atoms with van der Waals surface area (Å²) < 4.78 is 75.1. The van der Waals surface area contributed by atoms with Crippen LogP contribution in [0.25, 0.3) is 0 Å². The molecule has 0 bridgehead atoms. The molecule has 10 nitrogen and oxygen atoms in total. The molecule has 2 heterocycles. The quantitative estimate of drug-likeness (QED) is 0.296. The number of carbonyl (C=O) groups excluding carboxylic acids is 1. The molecule has 3 N–H and O–H groups in total. The van der Waals surface area contributed by atoms with Crippen LogP contribution in [0.1, 0.15) is 56.6 Å². The van der Waals surface area contributed by atoms with Crippen molar-refractivity contribution in [2.24, 2.45) is 0 Å². The SMILES string of the molecule is O=C(NN1CCC(N(CCO)CCO)CC1)OC1([C@H]2CCCC(c3cccc(F)c3)N2CS(=O)(=O)c2ccc(F)c(F)c2)CC1. The molecule has 2 aromatic carbocycles. The van der Waals surface area contributed by atoms with Crippen LogP contribution in [0.3, 0.4) is 0 Å². The topological polar surface area (TPSA) is 123 Å². The maximum Gasteiger partial charge on any atom is 0.422 e. The molecule has 1 amide bonds. The number of carbonyl (C=O) groups is 1. The lowest BCUT2D eigenvalue weighted by atomic mass is 9.88. The second kappa shape index (κ2) is 14.3. The Morgan fingerprint density at radius 3 is 2.31 bits per heavy atom. The van der Waals surface area contributed by atoms with Gasteiger partial charge < -0.3 is 14.9 Å². The third-order valence-electron chi connectivity index (χ3n) is 9.21. The fourth-order valence-corrected chi connectivity index (χ4v) is 8.31. The third kappa shape index (κ3) is 7.98. The minimum Gasteiger partial charge on any atom is -0.440 e. The largest absolute Gasteiger partial charge is 0.440 e. The molecule has 0 radical (unpaired) electrons. The molecular weight excluding hydrogens is 613 g/mol. The standard InChI is InChI=1S/C31H41F3N4O6S/c32-23-4-1-3-22(19-23)28-5-2-6-29(38(28)21-45(42,43)25-7-8-26(33)27(34)20-25)31(11-12-31)44-30(41)35-37-13-9-24(10-14-37)36(15-17-39)16-18-40/h1,3-4,7-8,19-20,24,28-29,39-40H,2,5-6,9-18,21H2,(H,35,41)/t28?,29-/m1/s1. The number of benzene rings is 2. The summed E-state index contributed by atoms with van der Waals surface area (Å²) in [5.74, 6) is -3.45. The van der Waals surface area contributed by atoms with Crippen molar-refractivity contribution in [2.75, 3.05) is 45.3 Å². The average Bonchev–Trinajstić information content (AvgIpc) is 3.78. The minimum atomic E-state index is -4.16. The van der Waals surface area contributed by atoms with E-state index < -0.39 is 56.9 Å². The summed E-state index contributed by atoms with van der Waals surface area (Å²) >= 11 is 0. The number of nitrogens with one attached hydrogen (secondary N) is 1. The zero-order valence-corrected chi connectivity index (χ0v) is 25.9. The number of halogens is 3. The number of rotatable bonds is 12. The van der Waals surface area contributed by atoms with Crippen LogP contribution < -0.4 is 5.43 Å². The van der Waals surface area contributed by atoms with Gasteiger partial charge in [0.1, 0.15) is 17.3 Å². The first kappa shape index (κ1) is 33.6. The van der Waals surface area contributed by atoms with Crippen LogP contribution in [-0.4, -0.2) is 102 Å². The average molecular weight is 655 g/mol. The summed E-state index contributed by atoms with van der Waals surface area (Å²) in [5, 5.41) is 20.5. The van der Waals surface area contributed by atoms with Crippen molar-refractivity contribution in [3.63, 3.8) is 0 Å². The molecule has 1 saturated carbocycles. The molecular formula is C31H41F3N4O6S. The lowest BCUT2D eigenvalue weighted by Crippen LogP contribution is -2.55. The highest BCUT2D eigenvalue weighted by molar-refractivity contribution is 7.91. The Balaban J connectivity index is 1.31. The first-order valence-corrected chi connectivity index (χ1v) is 17.1. The van der Waals surface area contributed by atoms with Crippen LogP contribution in [-0.2, 0) is 14.6 Å². The Bertz CT molecular complexity index is 1430. The van der Waals surface area contributed by atoms with Gasteiger partial charge in [0, 0.05) is 38.3 Å². The summed E-state index contributed by atoms with van der Waals surface area (Å²) in [7, 11) is -4.16. The van der Waals surface area contributed by atoms with Crippen molar-refractivity contribution in [2.45, 2.75) is 73.6 Å². The molecule has 0 aromatic heterocycles. The Morgan fingerprint density at radius 1 is 0.978 bits per heavy atom. The molecule has 45 heavy (non-hydrogen) atoms. The summed E-state index contributed by atoms with van der Waals surface area (Å²) in [4.78, 5) is 16.6.